The van der Waals surface area contributed by atoms with E-state index in [0.29, 0.717) is 22.9 Å². The molecular weight excluding hydrogens is 349 g/mol. The van der Waals surface area contributed by atoms with Crippen LogP contribution in [0.4, 0.5) is 0 Å². The van der Waals surface area contributed by atoms with Crippen LogP contribution >= 0.6 is 34.8 Å². The van der Waals surface area contributed by atoms with Crippen LogP contribution < -0.4 is 10.5 Å². The summed E-state index contributed by atoms with van der Waals surface area (Å²) in [7, 11) is 0. The quantitative estimate of drug-likeness (QED) is 0.425. The molecule has 0 fully saturated rings. The molecule has 4 nitrogen and oxygen atoms in total. The number of ether oxygens (including phenoxy) is 2. The Labute approximate surface area is 145 Å². The van der Waals surface area contributed by atoms with Crippen LogP contribution in [0.1, 0.15) is 24.8 Å². The van der Waals surface area contributed by atoms with E-state index in [4.69, 9.17) is 50.0 Å². The third kappa shape index (κ3) is 4.78. The van der Waals surface area contributed by atoms with Crippen molar-refractivity contribution in [1.29, 1.82) is 0 Å². The topological polar surface area (TPSA) is 61.5 Å². The molecule has 0 bridgehead atoms. The Kier molecular flexibility index (Phi) is 8.04. The fraction of sp³-hybridized carbons (Fsp3) is 0.400. The predicted molar refractivity (Wildman–Crippen MR) is 90.2 cm³/mol. The van der Waals surface area contributed by atoms with Crippen LogP contribution in [0.3, 0.4) is 0 Å². The molecule has 122 valence electrons. The molecule has 7 heteroatoms. The highest BCUT2D eigenvalue weighted by molar-refractivity contribution is 6.44. The summed E-state index contributed by atoms with van der Waals surface area (Å²) in [6.45, 7) is 6.02. The van der Waals surface area contributed by atoms with Gasteiger partial charge < -0.3 is 15.2 Å². The average Bonchev–Trinajstić information content (AvgIpc) is 2.48. The van der Waals surface area contributed by atoms with Gasteiger partial charge in [0.15, 0.2) is 0 Å². The standard InChI is InChI=1S/C15H18Cl3NO3/c1-3-5-22-15-11(17)7-10(16)14(18)13(15)9(8-19)6-12(20)21-4-2/h3,7,9H,1,4-6,8,19H2,2H3. The monoisotopic (exact) mass is 365 g/mol. The van der Waals surface area contributed by atoms with Gasteiger partial charge in [0.1, 0.15) is 12.4 Å². The second-order valence-corrected chi connectivity index (χ2v) is 5.63. The molecule has 0 heterocycles. The minimum atomic E-state index is -0.414. The average molecular weight is 367 g/mol. The smallest absolute Gasteiger partial charge is 0.306 e. The fourth-order valence-corrected chi connectivity index (χ4v) is 2.80. The molecule has 1 atom stereocenters. The van der Waals surface area contributed by atoms with Crippen molar-refractivity contribution in [3.05, 3.63) is 39.4 Å². The number of carbonyl (C=O) groups excluding carboxylic acids is 1. The maximum atomic E-state index is 11.7. The molecule has 0 saturated carbocycles. The van der Waals surface area contributed by atoms with Crippen LogP contribution in [0.25, 0.3) is 0 Å². The van der Waals surface area contributed by atoms with E-state index in [9.17, 15) is 4.79 Å². The largest absolute Gasteiger partial charge is 0.488 e. The number of hydrogen-bond donors (Lipinski definition) is 1. The van der Waals surface area contributed by atoms with E-state index < -0.39 is 5.92 Å². The Bertz CT molecular complexity index is 549. The molecule has 0 spiro atoms. The first-order valence-electron chi connectivity index (χ1n) is 6.72. The first kappa shape index (κ1) is 19.1. The maximum Gasteiger partial charge on any atom is 0.306 e. The van der Waals surface area contributed by atoms with Crippen molar-refractivity contribution < 1.29 is 14.3 Å². The second kappa shape index (κ2) is 9.26. The van der Waals surface area contributed by atoms with Crippen molar-refractivity contribution in [3.8, 4) is 5.75 Å². The van der Waals surface area contributed by atoms with Gasteiger partial charge in [0, 0.05) is 11.5 Å². The van der Waals surface area contributed by atoms with E-state index in [1.165, 1.54) is 6.07 Å². The zero-order valence-corrected chi connectivity index (χ0v) is 14.5. The Morgan fingerprint density at radius 2 is 2.09 bits per heavy atom. The predicted octanol–water partition coefficient (Wildman–Crippen LogP) is 4.21. The fourth-order valence-electron chi connectivity index (χ4n) is 1.98. The molecule has 0 amide bonds. The minimum Gasteiger partial charge on any atom is -0.488 e. The van der Waals surface area contributed by atoms with Crippen molar-refractivity contribution in [3.63, 3.8) is 0 Å². The Balaban J connectivity index is 3.27. The summed E-state index contributed by atoms with van der Waals surface area (Å²) in [5, 5.41) is 0.841. The highest BCUT2D eigenvalue weighted by Gasteiger charge is 2.26. The van der Waals surface area contributed by atoms with E-state index in [0.717, 1.165) is 0 Å². The van der Waals surface area contributed by atoms with Crippen LogP contribution in [0.2, 0.25) is 15.1 Å². The third-order valence-corrected chi connectivity index (χ3v) is 4.00. The van der Waals surface area contributed by atoms with Crippen LogP contribution in [0, 0.1) is 0 Å². The molecule has 22 heavy (non-hydrogen) atoms. The maximum absolute atomic E-state index is 11.7. The molecular formula is C15H18Cl3NO3. The highest BCUT2D eigenvalue weighted by atomic mass is 35.5. The van der Waals surface area contributed by atoms with E-state index in [2.05, 4.69) is 6.58 Å². The van der Waals surface area contributed by atoms with Crippen molar-refractivity contribution >= 4 is 40.8 Å². The summed E-state index contributed by atoms with van der Waals surface area (Å²) in [5.41, 5.74) is 6.30. The Hall–Kier alpha value is -0.940. The van der Waals surface area contributed by atoms with Crippen molar-refractivity contribution in [2.45, 2.75) is 19.3 Å². The Morgan fingerprint density at radius 1 is 1.41 bits per heavy atom. The van der Waals surface area contributed by atoms with Gasteiger partial charge in [-0.25, -0.2) is 0 Å². The first-order valence-corrected chi connectivity index (χ1v) is 7.86. The number of hydrogen-bond acceptors (Lipinski definition) is 4. The second-order valence-electron chi connectivity index (χ2n) is 4.44. The lowest BCUT2D eigenvalue weighted by molar-refractivity contribution is -0.143. The lowest BCUT2D eigenvalue weighted by Crippen LogP contribution is -2.19. The lowest BCUT2D eigenvalue weighted by atomic mass is 9.94. The minimum absolute atomic E-state index is 0.0607. The zero-order chi connectivity index (χ0) is 16.7. The van der Waals surface area contributed by atoms with Crippen LogP contribution in [0.15, 0.2) is 18.7 Å². The number of benzene rings is 1. The van der Waals surface area contributed by atoms with Gasteiger partial charge in [0.25, 0.3) is 0 Å². The van der Waals surface area contributed by atoms with E-state index in [1.807, 2.05) is 0 Å². The number of halogens is 3. The van der Waals surface area contributed by atoms with Gasteiger partial charge in [-0.15, -0.1) is 0 Å². The number of carbonyl (C=O) groups is 1. The molecule has 0 aliphatic rings. The number of esters is 1. The van der Waals surface area contributed by atoms with Crippen LogP contribution in [-0.2, 0) is 9.53 Å². The van der Waals surface area contributed by atoms with Gasteiger partial charge in [-0.2, -0.15) is 0 Å². The molecule has 2 N–H and O–H groups in total. The van der Waals surface area contributed by atoms with Gasteiger partial charge in [0.05, 0.1) is 28.1 Å². The summed E-state index contributed by atoms with van der Waals surface area (Å²) in [6, 6.07) is 1.49. The van der Waals surface area contributed by atoms with Gasteiger partial charge in [-0.3, -0.25) is 4.79 Å². The lowest BCUT2D eigenvalue weighted by Gasteiger charge is -2.21. The van der Waals surface area contributed by atoms with Crippen molar-refractivity contribution in [2.75, 3.05) is 19.8 Å². The van der Waals surface area contributed by atoms with Crippen molar-refractivity contribution in [2.24, 2.45) is 5.73 Å². The molecule has 1 unspecified atom stereocenters. The molecule has 0 aromatic heterocycles. The Morgan fingerprint density at radius 3 is 2.64 bits per heavy atom. The third-order valence-electron chi connectivity index (χ3n) is 2.92. The summed E-state index contributed by atoms with van der Waals surface area (Å²) >= 11 is 18.5. The summed E-state index contributed by atoms with van der Waals surface area (Å²) < 4.78 is 10.5. The molecule has 0 aliphatic carbocycles. The molecule has 0 aliphatic heterocycles. The van der Waals surface area contributed by atoms with Crippen LogP contribution in [-0.4, -0.2) is 25.7 Å². The molecule has 0 radical (unpaired) electrons. The summed E-state index contributed by atoms with van der Waals surface area (Å²) in [6.07, 6.45) is 1.64. The zero-order valence-electron chi connectivity index (χ0n) is 12.2. The van der Waals surface area contributed by atoms with Gasteiger partial charge in [-0.05, 0) is 19.5 Å². The summed E-state index contributed by atoms with van der Waals surface area (Å²) in [5.74, 6) is -0.432. The number of nitrogens with two attached hydrogens (primary N) is 1. The van der Waals surface area contributed by atoms with E-state index in [-0.39, 0.29) is 35.6 Å². The van der Waals surface area contributed by atoms with Gasteiger partial charge in [0.2, 0.25) is 0 Å². The van der Waals surface area contributed by atoms with Gasteiger partial charge in [-0.1, -0.05) is 47.5 Å². The number of rotatable bonds is 8. The SMILES string of the molecule is C=CCOc1c(Cl)cc(Cl)c(Cl)c1C(CN)CC(=O)OCC. The molecule has 1 aromatic carbocycles. The van der Waals surface area contributed by atoms with Crippen LogP contribution in [0.5, 0.6) is 5.75 Å². The molecule has 1 aromatic rings. The molecule has 0 saturated heterocycles. The highest BCUT2D eigenvalue weighted by Crippen LogP contribution is 2.44. The van der Waals surface area contributed by atoms with Crippen molar-refractivity contribution in [1.82, 2.24) is 0 Å². The van der Waals surface area contributed by atoms with E-state index >= 15 is 0 Å². The van der Waals surface area contributed by atoms with Gasteiger partial charge >= 0.3 is 5.97 Å². The first-order chi connectivity index (χ1) is 10.5. The van der Waals surface area contributed by atoms with E-state index in [1.54, 1.807) is 13.0 Å². The molecule has 1 rings (SSSR count). The summed E-state index contributed by atoms with van der Waals surface area (Å²) in [4.78, 5) is 11.7. The normalized spacial score (nSPS) is 11.9.